The summed E-state index contributed by atoms with van der Waals surface area (Å²) < 4.78 is 51.7. The van der Waals surface area contributed by atoms with Crippen LogP contribution >= 0.6 is 0 Å². The zero-order valence-corrected chi connectivity index (χ0v) is 10.0. The number of aliphatic hydroxyl groups is 1. The number of nitrogens with zero attached hydrogens (tertiary/aromatic N) is 1. The molecule has 2 rings (SSSR count). The van der Waals surface area contributed by atoms with E-state index in [1.807, 2.05) is 0 Å². The third-order valence-electron chi connectivity index (χ3n) is 2.79. The lowest BCUT2D eigenvalue weighted by atomic mass is 9.99. The maximum atomic E-state index is 13.9. The smallest absolute Gasteiger partial charge is 0.383 e. The molecule has 1 unspecified atom stereocenters. The first kappa shape index (κ1) is 14.3. The van der Waals surface area contributed by atoms with Gasteiger partial charge in [0, 0.05) is 17.3 Å². The zero-order valence-electron chi connectivity index (χ0n) is 10.0. The van der Waals surface area contributed by atoms with Gasteiger partial charge in [-0.15, -0.1) is 0 Å². The topological polar surface area (TPSA) is 59.1 Å². The summed E-state index contributed by atoms with van der Waals surface area (Å²) in [6.45, 7) is 0. The average molecular weight is 286 g/mol. The number of rotatable bonds is 2. The number of aromatic nitrogens is 1. The molecule has 106 valence electrons. The molecule has 0 aliphatic rings. The molecule has 0 aliphatic heterocycles. The third-order valence-corrected chi connectivity index (χ3v) is 2.79. The number of anilines is 1. The van der Waals surface area contributed by atoms with Crippen LogP contribution in [0.25, 0.3) is 0 Å². The SMILES string of the molecule is Nc1ncccc1C(O)c1cccc(C(F)(F)F)c1F. The van der Waals surface area contributed by atoms with Crippen LogP contribution < -0.4 is 5.73 Å². The van der Waals surface area contributed by atoms with E-state index in [2.05, 4.69) is 4.98 Å². The van der Waals surface area contributed by atoms with Crippen LogP contribution in [0.4, 0.5) is 23.4 Å². The summed E-state index contributed by atoms with van der Waals surface area (Å²) in [6.07, 6.45) is -5.10. The quantitative estimate of drug-likeness (QED) is 0.834. The standard InChI is InChI=1S/C13H10F4N2O/c14-10-7(3-1-5-9(10)13(15,16)17)11(20)8-4-2-6-19-12(8)18/h1-6,11,20H,(H2,18,19). The molecule has 1 aromatic heterocycles. The predicted molar refractivity (Wildman–Crippen MR) is 64.1 cm³/mol. The summed E-state index contributed by atoms with van der Waals surface area (Å²) in [4.78, 5) is 3.70. The maximum absolute atomic E-state index is 13.9. The molecule has 0 fully saturated rings. The van der Waals surface area contributed by atoms with Gasteiger partial charge in [0.2, 0.25) is 0 Å². The number of hydrogen-bond donors (Lipinski definition) is 2. The Labute approximate surface area is 111 Å². The molecule has 0 spiro atoms. The molecule has 1 atom stereocenters. The molecular formula is C13H10F4N2O. The minimum atomic E-state index is -4.83. The van der Waals surface area contributed by atoms with E-state index in [0.29, 0.717) is 6.07 Å². The van der Waals surface area contributed by atoms with Crippen molar-refractivity contribution < 1.29 is 22.7 Å². The van der Waals surface area contributed by atoms with Gasteiger partial charge < -0.3 is 10.8 Å². The van der Waals surface area contributed by atoms with Gasteiger partial charge in [0.1, 0.15) is 17.7 Å². The Balaban J connectivity index is 2.52. The Morgan fingerprint density at radius 2 is 1.75 bits per heavy atom. The molecule has 0 radical (unpaired) electrons. The number of aliphatic hydroxyl groups excluding tert-OH is 1. The summed E-state index contributed by atoms with van der Waals surface area (Å²) in [7, 11) is 0. The lowest BCUT2D eigenvalue weighted by Gasteiger charge is -2.16. The van der Waals surface area contributed by atoms with Gasteiger partial charge in [0.25, 0.3) is 0 Å². The molecule has 7 heteroatoms. The number of halogens is 4. The number of nitrogen functional groups attached to an aromatic ring is 1. The molecule has 0 aliphatic carbocycles. The minimum Gasteiger partial charge on any atom is -0.383 e. The number of hydrogen-bond acceptors (Lipinski definition) is 3. The predicted octanol–water partition coefficient (Wildman–Crippen LogP) is 2.90. The molecule has 1 aromatic carbocycles. The molecule has 0 amide bonds. The second-order valence-corrected chi connectivity index (χ2v) is 4.09. The van der Waals surface area contributed by atoms with Gasteiger partial charge in [-0.2, -0.15) is 13.2 Å². The third kappa shape index (κ3) is 2.57. The Hall–Kier alpha value is -2.15. The van der Waals surface area contributed by atoms with E-state index >= 15 is 0 Å². The van der Waals surface area contributed by atoms with Crippen LogP contribution in [-0.2, 0) is 6.18 Å². The van der Waals surface area contributed by atoms with Crippen molar-refractivity contribution in [3.05, 3.63) is 59.0 Å². The van der Waals surface area contributed by atoms with Crippen molar-refractivity contribution in [3.8, 4) is 0 Å². The van der Waals surface area contributed by atoms with Crippen LogP contribution in [0.5, 0.6) is 0 Å². The summed E-state index contributed by atoms with van der Waals surface area (Å²) in [6, 6.07) is 5.52. The van der Waals surface area contributed by atoms with Crippen molar-refractivity contribution in [1.29, 1.82) is 0 Å². The van der Waals surface area contributed by atoms with Crippen LogP contribution in [0.1, 0.15) is 22.8 Å². The minimum absolute atomic E-state index is 0.0470. The van der Waals surface area contributed by atoms with Crippen LogP contribution in [0, 0.1) is 5.82 Å². The van der Waals surface area contributed by atoms with E-state index in [9.17, 15) is 22.7 Å². The van der Waals surface area contributed by atoms with Crippen LogP contribution in [0.3, 0.4) is 0 Å². The lowest BCUT2D eigenvalue weighted by molar-refractivity contribution is -0.140. The van der Waals surface area contributed by atoms with Gasteiger partial charge in [-0.25, -0.2) is 9.37 Å². The average Bonchev–Trinajstić information content (AvgIpc) is 2.37. The number of nitrogens with two attached hydrogens (primary N) is 1. The van der Waals surface area contributed by atoms with Crippen molar-refractivity contribution in [2.24, 2.45) is 0 Å². The highest BCUT2D eigenvalue weighted by Gasteiger charge is 2.35. The fraction of sp³-hybridized carbons (Fsp3) is 0.154. The largest absolute Gasteiger partial charge is 0.419 e. The van der Waals surface area contributed by atoms with E-state index in [-0.39, 0.29) is 11.4 Å². The Morgan fingerprint density at radius 1 is 1.10 bits per heavy atom. The first-order valence-electron chi connectivity index (χ1n) is 5.56. The Morgan fingerprint density at radius 3 is 2.35 bits per heavy atom. The fourth-order valence-corrected chi connectivity index (χ4v) is 1.81. The van der Waals surface area contributed by atoms with Gasteiger partial charge in [-0.3, -0.25) is 0 Å². The van der Waals surface area contributed by atoms with Crippen molar-refractivity contribution in [2.45, 2.75) is 12.3 Å². The molecule has 0 bridgehead atoms. The Bertz CT molecular complexity index is 628. The zero-order chi connectivity index (χ0) is 14.9. The summed E-state index contributed by atoms with van der Waals surface area (Å²) in [5.41, 5.74) is 3.63. The van der Waals surface area contributed by atoms with E-state index in [4.69, 9.17) is 5.73 Å². The molecule has 0 saturated carbocycles. The van der Waals surface area contributed by atoms with Crippen molar-refractivity contribution >= 4 is 5.82 Å². The first-order chi connectivity index (χ1) is 9.32. The highest BCUT2D eigenvalue weighted by Crippen LogP contribution is 2.35. The highest BCUT2D eigenvalue weighted by atomic mass is 19.4. The van der Waals surface area contributed by atoms with Crippen LogP contribution in [-0.4, -0.2) is 10.1 Å². The molecule has 20 heavy (non-hydrogen) atoms. The van der Waals surface area contributed by atoms with Crippen LogP contribution in [0.15, 0.2) is 36.5 Å². The molecule has 2 aromatic rings. The van der Waals surface area contributed by atoms with E-state index in [1.165, 1.54) is 18.3 Å². The summed E-state index contributed by atoms with van der Waals surface area (Å²) >= 11 is 0. The van der Waals surface area contributed by atoms with Gasteiger partial charge in [0.05, 0.1) is 5.56 Å². The molecular weight excluding hydrogens is 276 g/mol. The molecule has 3 nitrogen and oxygen atoms in total. The van der Waals surface area contributed by atoms with E-state index in [1.54, 1.807) is 0 Å². The van der Waals surface area contributed by atoms with Crippen molar-refractivity contribution in [2.75, 3.05) is 5.73 Å². The molecule has 0 saturated heterocycles. The van der Waals surface area contributed by atoms with Gasteiger partial charge in [0.15, 0.2) is 0 Å². The second-order valence-electron chi connectivity index (χ2n) is 4.09. The number of benzene rings is 1. The van der Waals surface area contributed by atoms with Crippen molar-refractivity contribution in [1.82, 2.24) is 4.98 Å². The second kappa shape index (κ2) is 5.09. The highest BCUT2D eigenvalue weighted by molar-refractivity contribution is 5.45. The number of alkyl halides is 3. The van der Waals surface area contributed by atoms with E-state index < -0.39 is 29.2 Å². The summed E-state index contributed by atoms with van der Waals surface area (Å²) in [5, 5.41) is 10.0. The normalized spacial score (nSPS) is 13.2. The maximum Gasteiger partial charge on any atom is 0.419 e. The monoisotopic (exact) mass is 286 g/mol. The summed E-state index contributed by atoms with van der Waals surface area (Å²) in [5.74, 6) is -1.59. The molecule has 3 N–H and O–H groups in total. The van der Waals surface area contributed by atoms with Gasteiger partial charge >= 0.3 is 6.18 Å². The Kier molecular flexibility index (Phi) is 3.63. The molecule has 1 heterocycles. The van der Waals surface area contributed by atoms with Crippen LogP contribution in [0.2, 0.25) is 0 Å². The van der Waals surface area contributed by atoms with Crippen molar-refractivity contribution in [3.63, 3.8) is 0 Å². The van der Waals surface area contributed by atoms with E-state index in [0.717, 1.165) is 12.1 Å². The lowest BCUT2D eigenvalue weighted by Crippen LogP contribution is -2.13. The fourth-order valence-electron chi connectivity index (χ4n) is 1.81. The van der Waals surface area contributed by atoms with Gasteiger partial charge in [-0.05, 0) is 12.1 Å². The number of pyridine rings is 1. The first-order valence-corrected chi connectivity index (χ1v) is 5.56. The van der Waals surface area contributed by atoms with Gasteiger partial charge in [-0.1, -0.05) is 18.2 Å².